The summed E-state index contributed by atoms with van der Waals surface area (Å²) in [6.07, 6.45) is 0.592. The van der Waals surface area contributed by atoms with E-state index in [0.717, 1.165) is 21.8 Å². The van der Waals surface area contributed by atoms with Gasteiger partial charge in [0.15, 0.2) is 11.0 Å². The molecular weight excluding hydrogens is 426 g/mol. The van der Waals surface area contributed by atoms with Crippen molar-refractivity contribution in [1.82, 2.24) is 20.1 Å². The Hall–Kier alpha value is -3.33. The maximum Gasteiger partial charge on any atom is 0.227 e. The Morgan fingerprint density at radius 1 is 1.16 bits per heavy atom. The summed E-state index contributed by atoms with van der Waals surface area (Å²) in [6, 6.07) is 9.82. The maximum absolute atomic E-state index is 12.3. The molecule has 4 aromatic rings. The molecule has 32 heavy (non-hydrogen) atoms. The van der Waals surface area contributed by atoms with Crippen LogP contribution in [0.25, 0.3) is 11.0 Å². The zero-order valence-electron chi connectivity index (χ0n) is 18.5. The van der Waals surface area contributed by atoms with Crippen molar-refractivity contribution in [2.24, 2.45) is 0 Å². The van der Waals surface area contributed by atoms with Crippen LogP contribution in [0.15, 0.2) is 40.0 Å². The highest BCUT2D eigenvalue weighted by molar-refractivity contribution is 7.98. The number of carbonyl (C=O) groups excluding carboxylic acids is 1. The summed E-state index contributed by atoms with van der Waals surface area (Å²) in [5.41, 5.74) is 6.09. The number of carbonyl (C=O) groups is 1. The molecule has 0 aliphatic rings. The first-order valence-electron chi connectivity index (χ1n) is 10.3. The molecule has 2 N–H and O–H groups in total. The van der Waals surface area contributed by atoms with E-state index in [4.69, 9.17) is 9.26 Å². The van der Waals surface area contributed by atoms with E-state index in [9.17, 15) is 4.79 Å². The Kier molecular flexibility index (Phi) is 6.45. The lowest BCUT2D eigenvalue weighted by molar-refractivity contribution is -0.116. The van der Waals surface area contributed by atoms with Gasteiger partial charge in [0, 0.05) is 12.8 Å². The van der Waals surface area contributed by atoms with Crippen LogP contribution in [0.5, 0.6) is 5.75 Å². The first-order chi connectivity index (χ1) is 15.4. The molecule has 0 aliphatic carbocycles. The zero-order chi connectivity index (χ0) is 22.7. The first kappa shape index (κ1) is 21.9. The third-order valence-electron chi connectivity index (χ3n) is 5.12. The minimum absolute atomic E-state index is 0.143. The quantitative estimate of drug-likeness (QED) is 0.373. The predicted molar refractivity (Wildman–Crippen MR) is 124 cm³/mol. The van der Waals surface area contributed by atoms with Crippen molar-refractivity contribution < 1.29 is 14.1 Å². The Morgan fingerprint density at radius 2 is 1.97 bits per heavy atom. The van der Waals surface area contributed by atoms with Crippen LogP contribution in [-0.2, 0) is 17.0 Å². The van der Waals surface area contributed by atoms with Crippen molar-refractivity contribution in [3.8, 4) is 5.75 Å². The number of nitrogens with one attached hydrogen (secondary N) is 2. The molecule has 8 nitrogen and oxygen atoms in total. The third kappa shape index (κ3) is 5.11. The maximum atomic E-state index is 12.3. The lowest BCUT2D eigenvalue weighted by Gasteiger charge is -2.10. The van der Waals surface area contributed by atoms with Crippen LogP contribution in [0.3, 0.4) is 0 Å². The van der Waals surface area contributed by atoms with E-state index in [-0.39, 0.29) is 12.3 Å². The van der Waals surface area contributed by atoms with Crippen LogP contribution in [0.4, 0.5) is 5.69 Å². The van der Waals surface area contributed by atoms with Gasteiger partial charge in [0.2, 0.25) is 11.8 Å². The number of amides is 1. The molecule has 4 rings (SSSR count). The molecule has 0 atom stereocenters. The number of imidazole rings is 1. The second kappa shape index (κ2) is 9.44. The van der Waals surface area contributed by atoms with Gasteiger partial charge in [0.05, 0.1) is 29.6 Å². The highest BCUT2D eigenvalue weighted by Gasteiger charge is 2.13. The van der Waals surface area contributed by atoms with Crippen molar-refractivity contribution in [3.05, 3.63) is 58.7 Å². The second-order valence-corrected chi connectivity index (χ2v) is 8.60. The summed E-state index contributed by atoms with van der Waals surface area (Å²) in [4.78, 5) is 24.7. The average Bonchev–Trinajstić information content (AvgIpc) is 3.37. The van der Waals surface area contributed by atoms with Crippen LogP contribution in [0, 0.1) is 20.8 Å². The van der Waals surface area contributed by atoms with E-state index in [1.54, 1.807) is 7.11 Å². The molecule has 2 aromatic carbocycles. The zero-order valence-corrected chi connectivity index (χ0v) is 19.3. The van der Waals surface area contributed by atoms with Gasteiger partial charge in [-0.3, -0.25) is 4.79 Å². The second-order valence-electron chi connectivity index (χ2n) is 7.64. The van der Waals surface area contributed by atoms with E-state index in [2.05, 4.69) is 51.4 Å². The number of nitrogens with zero attached hydrogens (tertiary/aromatic N) is 3. The lowest BCUT2D eigenvalue weighted by atomic mass is 10.1. The molecular formula is C23H25N5O3S. The summed E-state index contributed by atoms with van der Waals surface area (Å²) in [7, 11) is 1.58. The fourth-order valence-corrected chi connectivity index (χ4v) is 3.98. The topological polar surface area (TPSA) is 106 Å². The fourth-order valence-electron chi connectivity index (χ4n) is 3.25. The summed E-state index contributed by atoms with van der Waals surface area (Å²) < 4.78 is 10.6. The van der Waals surface area contributed by atoms with Gasteiger partial charge in [-0.25, -0.2) is 4.98 Å². The molecule has 0 spiro atoms. The van der Waals surface area contributed by atoms with Crippen LogP contribution in [-0.4, -0.2) is 33.1 Å². The normalized spacial score (nSPS) is 11.1. The summed E-state index contributed by atoms with van der Waals surface area (Å²) in [5.74, 6) is 2.00. The van der Waals surface area contributed by atoms with Crippen LogP contribution < -0.4 is 10.1 Å². The molecule has 166 valence electrons. The minimum Gasteiger partial charge on any atom is -0.495 e. The Labute approximate surface area is 190 Å². The number of hydrogen-bond acceptors (Lipinski definition) is 7. The predicted octanol–water partition coefficient (Wildman–Crippen LogP) is 4.74. The lowest BCUT2D eigenvalue weighted by Crippen LogP contribution is -2.13. The summed E-state index contributed by atoms with van der Waals surface area (Å²) >= 11 is 1.51. The number of methoxy groups -OCH3 is 1. The van der Waals surface area contributed by atoms with E-state index in [1.165, 1.54) is 22.9 Å². The van der Waals surface area contributed by atoms with Gasteiger partial charge in [0.25, 0.3) is 0 Å². The van der Waals surface area contributed by atoms with Crippen molar-refractivity contribution in [1.29, 1.82) is 0 Å². The van der Waals surface area contributed by atoms with Crippen molar-refractivity contribution in [3.63, 3.8) is 0 Å². The standard InChI is InChI=1S/C23H25N5O3S/c1-13-5-6-19(30-4)18(9-13)24-21(29)7-8-22-27-20(28-31-22)12-32-23-25-16-10-14(2)15(3)11-17(16)26-23/h5-6,9-11H,7-8,12H2,1-4H3,(H,24,29)(H,25,26). The Bertz CT molecular complexity index is 1220. The monoisotopic (exact) mass is 451 g/mol. The fraction of sp³-hybridized carbons (Fsp3) is 0.304. The van der Waals surface area contributed by atoms with Crippen molar-refractivity contribution in [2.45, 2.75) is 44.5 Å². The van der Waals surface area contributed by atoms with Gasteiger partial charge < -0.3 is 19.6 Å². The van der Waals surface area contributed by atoms with E-state index in [1.807, 2.05) is 25.1 Å². The van der Waals surface area contributed by atoms with Gasteiger partial charge in [-0.2, -0.15) is 4.98 Å². The molecule has 0 saturated carbocycles. The number of ether oxygens (including phenoxy) is 1. The molecule has 9 heteroatoms. The van der Waals surface area contributed by atoms with Crippen LogP contribution in [0.1, 0.15) is 34.8 Å². The number of rotatable bonds is 8. The highest BCUT2D eigenvalue weighted by Crippen LogP contribution is 2.26. The van der Waals surface area contributed by atoms with Crippen LogP contribution >= 0.6 is 11.8 Å². The van der Waals surface area contributed by atoms with E-state index < -0.39 is 0 Å². The van der Waals surface area contributed by atoms with Crippen LogP contribution in [0.2, 0.25) is 0 Å². The number of aryl methyl sites for hydroxylation is 4. The molecule has 0 aliphatic heterocycles. The molecule has 2 heterocycles. The average molecular weight is 452 g/mol. The Morgan fingerprint density at radius 3 is 2.78 bits per heavy atom. The molecule has 2 aromatic heterocycles. The van der Waals surface area contributed by atoms with Crippen molar-refractivity contribution >= 4 is 34.4 Å². The van der Waals surface area contributed by atoms with Gasteiger partial charge in [0.1, 0.15) is 5.75 Å². The van der Waals surface area contributed by atoms with Gasteiger partial charge in [-0.05, 0) is 61.7 Å². The third-order valence-corrected chi connectivity index (χ3v) is 5.99. The largest absolute Gasteiger partial charge is 0.495 e. The highest BCUT2D eigenvalue weighted by atomic mass is 32.2. The van der Waals surface area contributed by atoms with Gasteiger partial charge in [-0.1, -0.05) is 23.0 Å². The minimum atomic E-state index is -0.143. The Balaban J connectivity index is 1.30. The number of hydrogen-bond donors (Lipinski definition) is 2. The number of H-pyrrole nitrogens is 1. The smallest absolute Gasteiger partial charge is 0.227 e. The van der Waals surface area contributed by atoms with E-state index in [0.29, 0.717) is 35.3 Å². The van der Waals surface area contributed by atoms with Crippen molar-refractivity contribution in [2.75, 3.05) is 12.4 Å². The molecule has 0 unspecified atom stereocenters. The molecule has 1 amide bonds. The van der Waals surface area contributed by atoms with E-state index >= 15 is 0 Å². The number of aromatic amines is 1. The number of thioether (sulfide) groups is 1. The summed E-state index contributed by atoms with van der Waals surface area (Å²) in [6.45, 7) is 6.12. The molecule has 0 bridgehead atoms. The van der Waals surface area contributed by atoms with Gasteiger partial charge in [-0.15, -0.1) is 0 Å². The number of aromatic nitrogens is 4. The van der Waals surface area contributed by atoms with Gasteiger partial charge >= 0.3 is 0 Å². The SMILES string of the molecule is COc1ccc(C)cc1NC(=O)CCc1nc(CSc2nc3cc(C)c(C)cc3[nH]2)no1. The molecule has 0 fully saturated rings. The number of benzene rings is 2. The summed E-state index contributed by atoms with van der Waals surface area (Å²) in [5, 5.41) is 7.70. The number of anilines is 1. The molecule has 0 saturated heterocycles. The first-order valence-corrected chi connectivity index (χ1v) is 11.3. The number of fused-ring (bicyclic) bond motifs is 1. The molecule has 0 radical (unpaired) electrons.